The molecule has 0 heterocycles. The van der Waals surface area contributed by atoms with Crippen LogP contribution in [0.25, 0.3) is 0 Å². The molecule has 1 saturated carbocycles. The van der Waals surface area contributed by atoms with Gasteiger partial charge in [0.15, 0.2) is 0 Å². The lowest BCUT2D eigenvalue weighted by Crippen LogP contribution is -2.51. The summed E-state index contributed by atoms with van der Waals surface area (Å²) in [4.78, 5) is 22.7. The highest BCUT2D eigenvalue weighted by atomic mass is 16.4. The smallest absolute Gasteiger partial charge is 0.315 e. The zero-order chi connectivity index (χ0) is 14.6. The molecule has 1 fully saturated rings. The van der Waals surface area contributed by atoms with Crippen molar-refractivity contribution in [1.82, 2.24) is 10.6 Å². The first-order valence-electron chi connectivity index (χ1n) is 7.11. The van der Waals surface area contributed by atoms with Crippen LogP contribution < -0.4 is 10.6 Å². The maximum absolute atomic E-state index is 11.9. The molecular weight excluding hydrogens is 244 g/mol. The Balaban J connectivity index is 2.41. The number of hydrogen-bond acceptors (Lipinski definition) is 2. The standard InChI is InChI=1S/C14H26N2O3/c1-8-5-6-12(9(2)7-8)16-14(19)15-11(4)10(3)13(17)18/h8-12H,5-7H2,1-4H3,(H,17,18)(H2,15,16,19). The van der Waals surface area contributed by atoms with Crippen molar-refractivity contribution in [1.29, 1.82) is 0 Å². The Morgan fingerprint density at radius 2 is 1.84 bits per heavy atom. The van der Waals surface area contributed by atoms with E-state index in [9.17, 15) is 9.59 Å². The third-order valence-electron chi connectivity index (χ3n) is 4.25. The average Bonchev–Trinajstić information content (AvgIpc) is 2.31. The molecule has 0 aliphatic heterocycles. The van der Waals surface area contributed by atoms with Crippen LogP contribution in [0.2, 0.25) is 0 Å². The van der Waals surface area contributed by atoms with Gasteiger partial charge >= 0.3 is 12.0 Å². The van der Waals surface area contributed by atoms with E-state index in [1.54, 1.807) is 13.8 Å². The molecule has 1 rings (SSSR count). The average molecular weight is 270 g/mol. The van der Waals surface area contributed by atoms with Crippen LogP contribution in [-0.2, 0) is 4.79 Å². The second-order valence-electron chi connectivity index (χ2n) is 6.04. The summed E-state index contributed by atoms with van der Waals surface area (Å²) in [5.41, 5.74) is 0. The van der Waals surface area contributed by atoms with Crippen LogP contribution in [-0.4, -0.2) is 29.2 Å². The lowest BCUT2D eigenvalue weighted by molar-refractivity contribution is -0.141. The van der Waals surface area contributed by atoms with Crippen LogP contribution in [0.15, 0.2) is 0 Å². The molecule has 0 aromatic carbocycles. The fraction of sp³-hybridized carbons (Fsp3) is 0.857. The molecular formula is C14H26N2O3. The number of aliphatic carboxylic acids is 1. The quantitative estimate of drug-likeness (QED) is 0.733. The molecule has 0 radical (unpaired) electrons. The Labute approximate surface area is 115 Å². The highest BCUT2D eigenvalue weighted by Gasteiger charge is 2.27. The van der Waals surface area contributed by atoms with Crippen molar-refractivity contribution in [2.24, 2.45) is 17.8 Å². The van der Waals surface area contributed by atoms with E-state index in [0.717, 1.165) is 25.2 Å². The predicted molar refractivity (Wildman–Crippen MR) is 73.9 cm³/mol. The fourth-order valence-corrected chi connectivity index (χ4v) is 2.64. The molecule has 0 saturated heterocycles. The first kappa shape index (κ1) is 15.8. The SMILES string of the molecule is CC1CCC(NC(=O)NC(C)C(C)C(=O)O)C(C)C1. The van der Waals surface area contributed by atoms with E-state index in [2.05, 4.69) is 24.5 Å². The Morgan fingerprint density at radius 1 is 1.21 bits per heavy atom. The second kappa shape index (κ2) is 6.78. The van der Waals surface area contributed by atoms with E-state index in [-0.39, 0.29) is 18.1 Å². The molecule has 1 aliphatic carbocycles. The zero-order valence-corrected chi connectivity index (χ0v) is 12.3. The molecule has 1 aliphatic rings. The molecule has 19 heavy (non-hydrogen) atoms. The van der Waals surface area contributed by atoms with Gasteiger partial charge in [-0.25, -0.2) is 4.79 Å². The van der Waals surface area contributed by atoms with E-state index in [4.69, 9.17) is 5.11 Å². The lowest BCUT2D eigenvalue weighted by atomic mass is 9.80. The van der Waals surface area contributed by atoms with Crippen LogP contribution in [0.3, 0.4) is 0 Å². The van der Waals surface area contributed by atoms with Crippen LogP contribution in [0.4, 0.5) is 4.79 Å². The largest absolute Gasteiger partial charge is 0.481 e. The van der Waals surface area contributed by atoms with Gasteiger partial charge in [-0.1, -0.05) is 13.8 Å². The molecule has 0 aromatic heterocycles. The van der Waals surface area contributed by atoms with Gasteiger partial charge in [0.1, 0.15) is 0 Å². The minimum absolute atomic E-state index is 0.198. The van der Waals surface area contributed by atoms with Gasteiger partial charge in [-0.3, -0.25) is 4.79 Å². The molecule has 3 N–H and O–H groups in total. The molecule has 5 nitrogen and oxygen atoms in total. The summed E-state index contributed by atoms with van der Waals surface area (Å²) in [5.74, 6) is -0.286. The first-order chi connectivity index (χ1) is 8.81. The Hall–Kier alpha value is -1.26. The summed E-state index contributed by atoms with van der Waals surface area (Å²) in [6.07, 6.45) is 3.26. The van der Waals surface area contributed by atoms with Crippen molar-refractivity contribution in [2.45, 2.75) is 59.0 Å². The van der Waals surface area contributed by atoms with Crippen LogP contribution in [0.5, 0.6) is 0 Å². The predicted octanol–water partition coefficient (Wildman–Crippen LogP) is 2.22. The minimum atomic E-state index is -0.896. The maximum atomic E-state index is 11.9. The Morgan fingerprint density at radius 3 is 2.37 bits per heavy atom. The van der Waals surface area contributed by atoms with Gasteiger partial charge in [0, 0.05) is 12.1 Å². The molecule has 2 amide bonds. The maximum Gasteiger partial charge on any atom is 0.315 e. The van der Waals surface area contributed by atoms with Gasteiger partial charge in [-0.15, -0.1) is 0 Å². The van der Waals surface area contributed by atoms with Crippen molar-refractivity contribution in [3.05, 3.63) is 0 Å². The highest BCUT2D eigenvalue weighted by Crippen LogP contribution is 2.28. The minimum Gasteiger partial charge on any atom is -0.481 e. The fourth-order valence-electron chi connectivity index (χ4n) is 2.64. The van der Waals surface area contributed by atoms with E-state index >= 15 is 0 Å². The number of amides is 2. The number of carboxylic acid groups (broad SMARTS) is 1. The summed E-state index contributed by atoms with van der Waals surface area (Å²) in [6.45, 7) is 7.70. The molecule has 110 valence electrons. The number of carboxylic acids is 1. The molecule has 0 aromatic rings. The van der Waals surface area contributed by atoms with Gasteiger partial charge in [-0.2, -0.15) is 0 Å². The number of hydrogen-bond donors (Lipinski definition) is 3. The summed E-state index contributed by atoms with van der Waals surface area (Å²) in [5, 5.41) is 14.6. The number of carbonyl (C=O) groups is 2. The van der Waals surface area contributed by atoms with E-state index in [1.807, 2.05) is 0 Å². The van der Waals surface area contributed by atoms with Crippen molar-refractivity contribution in [3.63, 3.8) is 0 Å². The molecule has 0 spiro atoms. The highest BCUT2D eigenvalue weighted by molar-refractivity contribution is 5.76. The summed E-state index contributed by atoms with van der Waals surface area (Å²) >= 11 is 0. The third-order valence-corrected chi connectivity index (χ3v) is 4.25. The monoisotopic (exact) mass is 270 g/mol. The number of rotatable bonds is 4. The van der Waals surface area contributed by atoms with E-state index < -0.39 is 11.9 Å². The third kappa shape index (κ3) is 4.73. The van der Waals surface area contributed by atoms with Crippen molar-refractivity contribution in [3.8, 4) is 0 Å². The molecule has 5 heteroatoms. The summed E-state index contributed by atoms with van der Waals surface area (Å²) in [7, 11) is 0. The summed E-state index contributed by atoms with van der Waals surface area (Å²) in [6, 6.07) is -0.439. The Kier molecular flexibility index (Phi) is 5.63. The number of nitrogens with one attached hydrogen (secondary N) is 2. The van der Waals surface area contributed by atoms with Crippen molar-refractivity contribution in [2.75, 3.05) is 0 Å². The lowest BCUT2D eigenvalue weighted by Gasteiger charge is -2.33. The molecule has 5 unspecified atom stereocenters. The second-order valence-corrected chi connectivity index (χ2v) is 6.04. The number of carbonyl (C=O) groups excluding carboxylic acids is 1. The Bertz CT molecular complexity index is 333. The van der Waals surface area contributed by atoms with Crippen LogP contribution in [0.1, 0.15) is 47.0 Å². The van der Waals surface area contributed by atoms with Gasteiger partial charge < -0.3 is 15.7 Å². The van der Waals surface area contributed by atoms with Gasteiger partial charge in [0.05, 0.1) is 5.92 Å². The molecule has 0 bridgehead atoms. The normalized spacial score (nSPS) is 30.2. The molecule has 5 atom stereocenters. The number of urea groups is 1. The van der Waals surface area contributed by atoms with Gasteiger partial charge in [0.2, 0.25) is 0 Å². The first-order valence-corrected chi connectivity index (χ1v) is 7.11. The van der Waals surface area contributed by atoms with Gasteiger partial charge in [0.25, 0.3) is 0 Å². The van der Waals surface area contributed by atoms with Crippen LogP contribution >= 0.6 is 0 Å². The van der Waals surface area contributed by atoms with E-state index in [0.29, 0.717) is 5.92 Å². The zero-order valence-electron chi connectivity index (χ0n) is 12.3. The van der Waals surface area contributed by atoms with Gasteiger partial charge in [-0.05, 0) is 44.9 Å². The topological polar surface area (TPSA) is 78.4 Å². The van der Waals surface area contributed by atoms with Crippen molar-refractivity contribution >= 4 is 12.0 Å². The summed E-state index contributed by atoms with van der Waals surface area (Å²) < 4.78 is 0. The van der Waals surface area contributed by atoms with Crippen molar-refractivity contribution < 1.29 is 14.7 Å². The van der Waals surface area contributed by atoms with Crippen LogP contribution in [0, 0.1) is 17.8 Å². The van der Waals surface area contributed by atoms with E-state index in [1.165, 1.54) is 0 Å².